The van der Waals surface area contributed by atoms with Crippen LogP contribution in [0.4, 0.5) is 10.2 Å². The van der Waals surface area contributed by atoms with E-state index in [2.05, 4.69) is 33.9 Å². The summed E-state index contributed by atoms with van der Waals surface area (Å²) in [6.45, 7) is 7.13. The molecule has 1 aromatic heterocycles. The van der Waals surface area contributed by atoms with E-state index >= 15 is 4.39 Å². The summed E-state index contributed by atoms with van der Waals surface area (Å²) in [5.41, 5.74) is 1.10. The molecule has 3 heterocycles. The molecule has 2 aliphatic rings. The molecule has 0 spiro atoms. The molecule has 204 valence electrons. The van der Waals surface area contributed by atoms with Gasteiger partial charge in [-0.3, -0.25) is 0 Å². The molecule has 2 saturated heterocycles. The fourth-order valence-electron chi connectivity index (χ4n) is 6.29. The van der Waals surface area contributed by atoms with Crippen molar-refractivity contribution in [1.29, 1.82) is 0 Å². The van der Waals surface area contributed by atoms with E-state index in [9.17, 15) is 5.11 Å². The molecule has 2 aliphatic heterocycles. The number of phenols is 1. The maximum Gasteiger partial charge on any atom is 0.319 e. The van der Waals surface area contributed by atoms with Gasteiger partial charge in [0, 0.05) is 48.1 Å². The molecule has 7 nitrogen and oxygen atoms in total. The minimum atomic E-state index is -0.442. The van der Waals surface area contributed by atoms with Crippen molar-refractivity contribution in [2.75, 3.05) is 45.2 Å². The van der Waals surface area contributed by atoms with Crippen LogP contribution in [0.25, 0.3) is 32.8 Å². The summed E-state index contributed by atoms with van der Waals surface area (Å²) in [6, 6.07) is 15.7. The van der Waals surface area contributed by atoms with Gasteiger partial charge in [0.05, 0.1) is 6.61 Å². The van der Waals surface area contributed by atoms with E-state index < -0.39 is 5.82 Å². The highest BCUT2D eigenvalue weighted by Crippen LogP contribution is 2.39. The van der Waals surface area contributed by atoms with E-state index in [4.69, 9.17) is 9.72 Å². The van der Waals surface area contributed by atoms with Crippen molar-refractivity contribution in [3.63, 3.8) is 0 Å². The average molecular weight is 530 g/mol. The molecule has 0 amide bonds. The highest BCUT2D eigenvalue weighted by atomic mass is 19.1. The summed E-state index contributed by atoms with van der Waals surface area (Å²) in [5.74, 6) is 0.363. The van der Waals surface area contributed by atoms with Crippen molar-refractivity contribution in [3.05, 3.63) is 54.3 Å². The molecule has 3 aromatic carbocycles. The molecule has 2 unspecified atom stereocenters. The third kappa shape index (κ3) is 5.11. The van der Waals surface area contributed by atoms with Crippen molar-refractivity contribution in [2.24, 2.45) is 5.41 Å². The number of rotatable bonds is 7. The Labute approximate surface area is 228 Å². The predicted molar refractivity (Wildman–Crippen MR) is 154 cm³/mol. The molecule has 2 N–H and O–H groups in total. The standard InChI is InChI=1S/C31H36FN5O2/c1-31(2,17-36(3)4)18-39-30-34-28-25(29(35-30)37-15-20-9-10-21(16-37)33-20)12-11-24(27(28)32)26-14-22(38)13-19-7-5-6-8-23(19)26/h5-8,11-14,20-21,33,38H,9-10,15-18H2,1-4H3. The van der Waals surface area contributed by atoms with Crippen molar-refractivity contribution >= 4 is 27.5 Å². The molecule has 2 fully saturated rings. The summed E-state index contributed by atoms with van der Waals surface area (Å²) in [5, 5.41) is 16.5. The number of fused-ring (bicyclic) bond motifs is 4. The number of phenolic OH excluding ortho intramolecular Hbond substituents is 1. The molecule has 39 heavy (non-hydrogen) atoms. The van der Waals surface area contributed by atoms with Gasteiger partial charge in [-0.05, 0) is 61.5 Å². The Morgan fingerprint density at radius 1 is 1.03 bits per heavy atom. The van der Waals surface area contributed by atoms with E-state index in [0.29, 0.717) is 41.0 Å². The zero-order valence-electron chi connectivity index (χ0n) is 23.0. The minimum Gasteiger partial charge on any atom is -0.508 e. The van der Waals surface area contributed by atoms with Crippen molar-refractivity contribution in [2.45, 2.75) is 38.8 Å². The summed E-state index contributed by atoms with van der Waals surface area (Å²) in [6.07, 6.45) is 2.27. The first-order chi connectivity index (χ1) is 18.7. The first kappa shape index (κ1) is 25.8. The normalized spacial score (nSPS) is 19.4. The lowest BCUT2D eigenvalue weighted by Gasteiger charge is -2.34. The van der Waals surface area contributed by atoms with Crippen LogP contribution in [0.3, 0.4) is 0 Å². The van der Waals surface area contributed by atoms with Gasteiger partial charge in [-0.1, -0.05) is 44.2 Å². The maximum atomic E-state index is 16.5. The number of nitrogens with zero attached hydrogens (tertiary/aromatic N) is 4. The number of aromatic nitrogens is 2. The topological polar surface area (TPSA) is 73.8 Å². The zero-order chi connectivity index (χ0) is 27.3. The molecule has 4 aromatic rings. The van der Waals surface area contributed by atoms with Crippen LogP contribution in [-0.2, 0) is 0 Å². The molecule has 2 atom stereocenters. The number of hydrogen-bond acceptors (Lipinski definition) is 7. The quantitative estimate of drug-likeness (QED) is 0.341. The number of halogens is 1. The second-order valence-electron chi connectivity index (χ2n) is 12.1. The van der Waals surface area contributed by atoms with Crippen LogP contribution in [0.1, 0.15) is 26.7 Å². The van der Waals surface area contributed by atoms with E-state index in [1.54, 1.807) is 18.2 Å². The van der Waals surface area contributed by atoms with Crippen LogP contribution in [-0.4, -0.2) is 72.4 Å². The van der Waals surface area contributed by atoms with E-state index in [1.807, 2.05) is 44.4 Å². The summed E-state index contributed by atoms with van der Waals surface area (Å²) in [7, 11) is 4.07. The number of aromatic hydroxyl groups is 1. The highest BCUT2D eigenvalue weighted by molar-refractivity contribution is 6.01. The van der Waals surface area contributed by atoms with Crippen LogP contribution in [0.15, 0.2) is 48.5 Å². The number of anilines is 1. The summed E-state index contributed by atoms with van der Waals surface area (Å²) >= 11 is 0. The van der Waals surface area contributed by atoms with Crippen LogP contribution in [0, 0.1) is 11.2 Å². The monoisotopic (exact) mass is 529 g/mol. The highest BCUT2D eigenvalue weighted by Gasteiger charge is 2.34. The second-order valence-corrected chi connectivity index (χ2v) is 12.1. The number of benzene rings is 3. The second kappa shape index (κ2) is 9.92. The fourth-order valence-corrected chi connectivity index (χ4v) is 6.29. The van der Waals surface area contributed by atoms with Gasteiger partial charge in [0.2, 0.25) is 0 Å². The average Bonchev–Trinajstić information content (AvgIpc) is 3.23. The lowest BCUT2D eigenvalue weighted by atomic mass is 9.94. The first-order valence-electron chi connectivity index (χ1n) is 13.7. The van der Waals surface area contributed by atoms with Gasteiger partial charge >= 0.3 is 6.01 Å². The van der Waals surface area contributed by atoms with Gasteiger partial charge in [-0.2, -0.15) is 9.97 Å². The molecule has 8 heteroatoms. The minimum absolute atomic E-state index is 0.0926. The van der Waals surface area contributed by atoms with E-state index in [0.717, 1.165) is 43.2 Å². The van der Waals surface area contributed by atoms with Crippen molar-refractivity contribution in [1.82, 2.24) is 20.2 Å². The summed E-state index contributed by atoms with van der Waals surface area (Å²) < 4.78 is 22.7. The maximum absolute atomic E-state index is 16.5. The van der Waals surface area contributed by atoms with Crippen LogP contribution in [0.5, 0.6) is 11.8 Å². The van der Waals surface area contributed by atoms with Crippen LogP contribution in [0.2, 0.25) is 0 Å². The smallest absolute Gasteiger partial charge is 0.319 e. The van der Waals surface area contributed by atoms with Gasteiger partial charge in [0.1, 0.15) is 17.1 Å². The third-order valence-electron chi connectivity index (χ3n) is 7.76. The molecular formula is C31H36FN5O2. The molecular weight excluding hydrogens is 493 g/mol. The lowest BCUT2D eigenvalue weighted by Crippen LogP contribution is -2.51. The number of piperazine rings is 1. The van der Waals surface area contributed by atoms with E-state index in [-0.39, 0.29) is 22.7 Å². The third-order valence-corrected chi connectivity index (χ3v) is 7.76. The fraction of sp³-hybridized carbons (Fsp3) is 0.419. The molecule has 0 radical (unpaired) electrons. The van der Waals surface area contributed by atoms with Crippen molar-refractivity contribution in [3.8, 4) is 22.9 Å². The van der Waals surface area contributed by atoms with E-state index in [1.165, 1.54) is 0 Å². The van der Waals surface area contributed by atoms with Gasteiger partial charge in [-0.15, -0.1) is 0 Å². The van der Waals surface area contributed by atoms with Gasteiger partial charge in [0.15, 0.2) is 5.82 Å². The number of hydrogen-bond donors (Lipinski definition) is 2. The Balaban J connectivity index is 1.48. The van der Waals surface area contributed by atoms with Crippen molar-refractivity contribution < 1.29 is 14.2 Å². The summed E-state index contributed by atoms with van der Waals surface area (Å²) in [4.78, 5) is 13.9. The van der Waals surface area contributed by atoms with Crippen LogP contribution >= 0.6 is 0 Å². The lowest BCUT2D eigenvalue weighted by molar-refractivity contribution is 0.133. The van der Waals surface area contributed by atoms with Gasteiger partial charge in [0.25, 0.3) is 0 Å². The molecule has 6 rings (SSSR count). The number of nitrogens with one attached hydrogen (secondary N) is 1. The number of ether oxygens (including phenoxy) is 1. The molecule has 2 bridgehead atoms. The SMILES string of the molecule is CN(C)CC(C)(C)COc1nc(N2CC3CCC(C2)N3)c2ccc(-c3cc(O)cc4ccccc34)c(F)c2n1. The Morgan fingerprint density at radius 2 is 1.77 bits per heavy atom. The molecule has 0 saturated carbocycles. The van der Waals surface area contributed by atoms with Gasteiger partial charge < -0.3 is 25.0 Å². The first-order valence-corrected chi connectivity index (χ1v) is 13.7. The predicted octanol–water partition coefficient (Wildman–Crippen LogP) is 5.20. The molecule has 0 aliphatic carbocycles. The Bertz CT molecular complexity index is 1530. The Morgan fingerprint density at radius 3 is 2.51 bits per heavy atom. The Hall–Kier alpha value is -3.49. The largest absolute Gasteiger partial charge is 0.508 e. The Kier molecular flexibility index (Phi) is 6.55. The van der Waals surface area contributed by atoms with Gasteiger partial charge in [-0.25, -0.2) is 4.39 Å². The zero-order valence-corrected chi connectivity index (χ0v) is 23.0. The van der Waals surface area contributed by atoms with Crippen LogP contribution < -0.4 is 15.0 Å².